The van der Waals surface area contributed by atoms with Gasteiger partial charge in [-0.2, -0.15) is 16.8 Å². The molecule has 12 heteroatoms. The van der Waals surface area contributed by atoms with Crippen molar-refractivity contribution in [3.05, 3.63) is 60.7 Å². The largest absolute Gasteiger partial charge is 0.388 e. The molecule has 2 aromatic rings. The molecule has 0 spiro atoms. The molecule has 0 aromatic heterocycles. The summed E-state index contributed by atoms with van der Waals surface area (Å²) in [6.45, 7) is -1.82. The van der Waals surface area contributed by atoms with E-state index in [0.29, 0.717) is 0 Å². The van der Waals surface area contributed by atoms with Crippen LogP contribution < -0.4 is 0 Å². The van der Waals surface area contributed by atoms with Crippen molar-refractivity contribution in [2.75, 3.05) is 13.2 Å². The highest BCUT2D eigenvalue weighted by Gasteiger charge is 2.33. The summed E-state index contributed by atoms with van der Waals surface area (Å²) in [6.07, 6.45) is -7.90. The van der Waals surface area contributed by atoms with E-state index in [2.05, 4.69) is 8.37 Å². The van der Waals surface area contributed by atoms with Crippen LogP contribution in [0.1, 0.15) is 0 Å². The van der Waals surface area contributed by atoms with Crippen molar-refractivity contribution in [1.82, 2.24) is 0 Å². The van der Waals surface area contributed by atoms with Gasteiger partial charge < -0.3 is 20.4 Å². The number of aliphatic hydroxyl groups is 4. The van der Waals surface area contributed by atoms with Crippen LogP contribution in [0.5, 0.6) is 0 Å². The molecule has 0 bridgehead atoms. The molecule has 0 radical (unpaired) electrons. The lowest BCUT2D eigenvalue weighted by Crippen LogP contribution is -2.48. The normalized spacial score (nSPS) is 16.5. The Kier molecular flexibility index (Phi) is 8.46. The monoisotopic (exact) mass is 462 g/mol. The Morgan fingerprint density at radius 3 is 1.20 bits per heavy atom. The smallest absolute Gasteiger partial charge is 0.297 e. The highest BCUT2D eigenvalue weighted by molar-refractivity contribution is 7.87. The molecule has 0 amide bonds. The minimum absolute atomic E-state index is 0.174. The second-order valence-electron chi connectivity index (χ2n) is 6.22. The maximum Gasteiger partial charge on any atom is 0.297 e. The van der Waals surface area contributed by atoms with Gasteiger partial charge in [0.05, 0.1) is 23.0 Å². The minimum atomic E-state index is -4.21. The Labute approximate surface area is 174 Å². The van der Waals surface area contributed by atoms with E-state index >= 15 is 0 Å². The van der Waals surface area contributed by atoms with Crippen LogP contribution >= 0.6 is 0 Å². The molecule has 0 unspecified atom stereocenters. The summed E-state index contributed by atoms with van der Waals surface area (Å²) in [4.78, 5) is -0.349. The van der Waals surface area contributed by atoms with Gasteiger partial charge >= 0.3 is 0 Å². The van der Waals surface area contributed by atoms with Gasteiger partial charge in [0.2, 0.25) is 0 Å². The number of hydrogen-bond donors (Lipinski definition) is 4. The highest BCUT2D eigenvalue weighted by atomic mass is 32.2. The van der Waals surface area contributed by atoms with Gasteiger partial charge in [-0.25, -0.2) is 0 Å². The molecule has 0 aliphatic carbocycles. The van der Waals surface area contributed by atoms with Crippen LogP contribution in [-0.2, 0) is 28.6 Å². The number of rotatable bonds is 11. The van der Waals surface area contributed by atoms with Crippen molar-refractivity contribution in [3.63, 3.8) is 0 Å². The fourth-order valence-electron chi connectivity index (χ4n) is 2.28. The maximum atomic E-state index is 12.0. The van der Waals surface area contributed by atoms with Crippen LogP contribution in [0.2, 0.25) is 0 Å². The Morgan fingerprint density at radius 1 is 0.600 bits per heavy atom. The van der Waals surface area contributed by atoms with Crippen LogP contribution in [0.4, 0.5) is 0 Å². The highest BCUT2D eigenvalue weighted by Crippen LogP contribution is 2.15. The van der Waals surface area contributed by atoms with E-state index in [1.54, 1.807) is 12.1 Å². The van der Waals surface area contributed by atoms with Crippen LogP contribution in [-0.4, -0.2) is 74.9 Å². The number of benzene rings is 2. The van der Waals surface area contributed by atoms with Crippen molar-refractivity contribution in [2.45, 2.75) is 34.2 Å². The molecule has 0 saturated heterocycles. The van der Waals surface area contributed by atoms with E-state index in [1.807, 2.05) is 0 Å². The molecule has 166 valence electrons. The van der Waals surface area contributed by atoms with Crippen molar-refractivity contribution in [2.24, 2.45) is 0 Å². The first-order valence-corrected chi connectivity index (χ1v) is 11.5. The first-order valence-electron chi connectivity index (χ1n) is 8.66. The van der Waals surface area contributed by atoms with Crippen LogP contribution in [0.15, 0.2) is 70.5 Å². The van der Waals surface area contributed by atoms with Crippen LogP contribution in [0.25, 0.3) is 0 Å². The first-order chi connectivity index (χ1) is 14.0. The zero-order valence-electron chi connectivity index (χ0n) is 15.6. The topological polar surface area (TPSA) is 168 Å². The van der Waals surface area contributed by atoms with Gasteiger partial charge in [0.25, 0.3) is 20.2 Å². The lowest BCUT2D eigenvalue weighted by Gasteiger charge is -2.26. The van der Waals surface area contributed by atoms with Gasteiger partial charge in [-0.05, 0) is 24.3 Å². The van der Waals surface area contributed by atoms with Crippen molar-refractivity contribution in [1.29, 1.82) is 0 Å². The predicted octanol–water partition coefficient (Wildman–Crippen LogP) is -0.759. The van der Waals surface area contributed by atoms with E-state index in [-0.39, 0.29) is 9.79 Å². The van der Waals surface area contributed by atoms with E-state index in [9.17, 15) is 37.3 Å². The van der Waals surface area contributed by atoms with Gasteiger partial charge in [0.1, 0.15) is 24.4 Å². The molecule has 30 heavy (non-hydrogen) atoms. The molecule has 2 aromatic carbocycles. The maximum absolute atomic E-state index is 12.0. The second kappa shape index (κ2) is 10.4. The number of hydrogen-bond acceptors (Lipinski definition) is 10. The molecule has 2 rings (SSSR count). The molecular weight excluding hydrogens is 440 g/mol. The molecule has 4 N–H and O–H groups in total. The molecule has 0 heterocycles. The molecule has 0 fully saturated rings. The van der Waals surface area contributed by atoms with Crippen LogP contribution in [0.3, 0.4) is 0 Å². The van der Waals surface area contributed by atoms with Crippen molar-refractivity contribution in [3.8, 4) is 0 Å². The third-order valence-electron chi connectivity index (χ3n) is 3.99. The van der Waals surface area contributed by atoms with Gasteiger partial charge in [-0.1, -0.05) is 36.4 Å². The number of aliphatic hydroxyl groups excluding tert-OH is 4. The van der Waals surface area contributed by atoms with Gasteiger partial charge in [-0.15, -0.1) is 0 Å². The van der Waals surface area contributed by atoms with Gasteiger partial charge in [0.15, 0.2) is 0 Å². The predicted molar refractivity (Wildman–Crippen MR) is 103 cm³/mol. The molecule has 4 atom stereocenters. The fraction of sp³-hybridized carbons (Fsp3) is 0.333. The van der Waals surface area contributed by atoms with Gasteiger partial charge in [-0.3, -0.25) is 8.37 Å². The summed E-state index contributed by atoms with van der Waals surface area (Å²) in [5, 5.41) is 39.6. The van der Waals surface area contributed by atoms with Gasteiger partial charge in [0, 0.05) is 0 Å². The lowest BCUT2D eigenvalue weighted by molar-refractivity contribution is -0.118. The molecule has 0 saturated carbocycles. The summed E-state index contributed by atoms with van der Waals surface area (Å²) in [5.74, 6) is 0. The third-order valence-corrected chi connectivity index (χ3v) is 6.58. The zero-order chi connectivity index (χ0) is 22.4. The van der Waals surface area contributed by atoms with E-state index in [1.165, 1.54) is 48.5 Å². The summed E-state index contributed by atoms with van der Waals surface area (Å²) in [7, 11) is -8.43. The summed E-state index contributed by atoms with van der Waals surface area (Å²) < 4.78 is 57.3. The Balaban J connectivity index is 1.90. The lowest BCUT2D eigenvalue weighted by atomic mass is 10.0. The zero-order valence-corrected chi connectivity index (χ0v) is 17.2. The minimum Gasteiger partial charge on any atom is -0.388 e. The summed E-state index contributed by atoms with van der Waals surface area (Å²) >= 11 is 0. The van der Waals surface area contributed by atoms with Crippen LogP contribution in [0, 0.1) is 0 Å². The fourth-order valence-corrected chi connectivity index (χ4v) is 4.17. The molecular formula is C18H22O10S2. The molecule has 0 aliphatic rings. The summed E-state index contributed by atoms with van der Waals surface area (Å²) in [6, 6.07) is 14.1. The van der Waals surface area contributed by atoms with Crippen molar-refractivity contribution >= 4 is 20.2 Å². The average Bonchev–Trinajstić information content (AvgIpc) is 2.76. The average molecular weight is 462 g/mol. The van der Waals surface area contributed by atoms with E-state index < -0.39 is 57.9 Å². The van der Waals surface area contributed by atoms with Crippen molar-refractivity contribution < 1.29 is 45.6 Å². The Bertz CT molecular complexity index is 910. The van der Waals surface area contributed by atoms with E-state index in [4.69, 9.17) is 0 Å². The standard InChI is InChI=1S/C18H22O10S2/c19-15(11-27-29(23,24)13-7-3-1-4-8-13)17(21)18(22)16(20)12-28-30(25,26)14-9-5-2-6-10-14/h1-10,15-22H,11-12H2/t15-,16-,17-,18-/m0/s1. The quantitative estimate of drug-likeness (QED) is 0.312. The summed E-state index contributed by atoms with van der Waals surface area (Å²) in [5.41, 5.74) is 0. The molecule has 0 aliphatic heterocycles. The van der Waals surface area contributed by atoms with E-state index in [0.717, 1.165) is 0 Å². The third kappa shape index (κ3) is 6.55. The SMILES string of the molecule is O=S(=O)(OC[C@H](O)[C@H](O)[C@@H](O)[C@@H](O)COS(=O)(=O)c1ccccc1)c1ccccc1. The Hall–Kier alpha value is -1.90. The molecule has 10 nitrogen and oxygen atoms in total. The second-order valence-corrected chi connectivity index (χ2v) is 9.45. The first kappa shape index (κ1) is 24.4. The Morgan fingerprint density at radius 2 is 0.900 bits per heavy atom.